The van der Waals surface area contributed by atoms with E-state index in [1.807, 2.05) is 18.2 Å². The molecule has 0 aliphatic heterocycles. The lowest BCUT2D eigenvalue weighted by Gasteiger charge is -2.08. The van der Waals surface area contributed by atoms with Crippen molar-refractivity contribution in [2.45, 2.75) is 0 Å². The summed E-state index contributed by atoms with van der Waals surface area (Å²) in [6, 6.07) is 11.7. The van der Waals surface area contributed by atoms with E-state index >= 15 is 0 Å². The van der Waals surface area contributed by atoms with Crippen LogP contribution in [0.4, 0.5) is 5.69 Å². The predicted molar refractivity (Wildman–Crippen MR) is 75.0 cm³/mol. The van der Waals surface area contributed by atoms with Crippen LogP contribution in [0.15, 0.2) is 51.4 Å². The van der Waals surface area contributed by atoms with Crippen LogP contribution < -0.4 is 4.74 Å². The zero-order chi connectivity index (χ0) is 13.1. The van der Waals surface area contributed by atoms with Gasteiger partial charge in [0.25, 0.3) is 5.69 Å². The van der Waals surface area contributed by atoms with Gasteiger partial charge in [0.2, 0.25) is 0 Å². The maximum absolute atomic E-state index is 10.6. The summed E-state index contributed by atoms with van der Waals surface area (Å²) < 4.78 is 7.01. The molecule has 0 spiro atoms. The SMILES string of the molecule is O=[N+]([O-])c1ccc(Oc2ccccc2Br)c(Br)c1. The lowest BCUT2D eigenvalue weighted by Crippen LogP contribution is -1.90. The largest absolute Gasteiger partial charge is 0.455 e. The molecule has 18 heavy (non-hydrogen) atoms. The molecule has 0 aliphatic rings. The molecule has 0 bridgehead atoms. The molecule has 2 rings (SSSR count). The summed E-state index contributed by atoms with van der Waals surface area (Å²) in [7, 11) is 0. The van der Waals surface area contributed by atoms with E-state index in [4.69, 9.17) is 4.74 Å². The molecule has 0 atom stereocenters. The van der Waals surface area contributed by atoms with Gasteiger partial charge in [-0.2, -0.15) is 0 Å². The third kappa shape index (κ3) is 2.88. The van der Waals surface area contributed by atoms with E-state index in [1.165, 1.54) is 12.1 Å². The number of para-hydroxylation sites is 1. The summed E-state index contributed by atoms with van der Waals surface area (Å²) in [4.78, 5) is 10.2. The number of hydrogen-bond donors (Lipinski definition) is 0. The highest BCUT2D eigenvalue weighted by molar-refractivity contribution is 9.11. The van der Waals surface area contributed by atoms with E-state index < -0.39 is 4.92 Å². The van der Waals surface area contributed by atoms with Crippen LogP contribution in [-0.4, -0.2) is 4.92 Å². The molecule has 2 aromatic carbocycles. The van der Waals surface area contributed by atoms with Gasteiger partial charge in [0.1, 0.15) is 11.5 Å². The molecule has 0 fully saturated rings. The van der Waals surface area contributed by atoms with E-state index in [0.29, 0.717) is 16.0 Å². The minimum atomic E-state index is -0.451. The highest BCUT2D eigenvalue weighted by Crippen LogP contribution is 2.35. The van der Waals surface area contributed by atoms with Gasteiger partial charge in [-0.3, -0.25) is 10.1 Å². The number of benzene rings is 2. The Kier molecular flexibility index (Phi) is 3.98. The van der Waals surface area contributed by atoms with Gasteiger partial charge >= 0.3 is 0 Å². The van der Waals surface area contributed by atoms with E-state index in [9.17, 15) is 10.1 Å². The molecule has 0 aliphatic carbocycles. The van der Waals surface area contributed by atoms with Gasteiger partial charge in [0.15, 0.2) is 0 Å². The number of nitro groups is 1. The Morgan fingerprint density at radius 1 is 1.00 bits per heavy atom. The summed E-state index contributed by atoms with van der Waals surface area (Å²) >= 11 is 6.62. The topological polar surface area (TPSA) is 52.4 Å². The molecular formula is C12H7Br2NO3. The standard InChI is InChI=1S/C12H7Br2NO3/c13-9-3-1-2-4-11(9)18-12-6-5-8(15(16)17)7-10(12)14/h1-7H. The highest BCUT2D eigenvalue weighted by Gasteiger charge is 2.11. The number of halogens is 2. The molecule has 0 saturated heterocycles. The normalized spacial score (nSPS) is 10.1. The Labute approximate surface area is 120 Å². The zero-order valence-corrected chi connectivity index (χ0v) is 12.1. The average molecular weight is 373 g/mol. The molecule has 0 saturated carbocycles. The maximum atomic E-state index is 10.6. The second-order valence-corrected chi connectivity index (χ2v) is 5.11. The van der Waals surface area contributed by atoms with Crippen molar-refractivity contribution in [3.63, 3.8) is 0 Å². The average Bonchev–Trinajstić information content (AvgIpc) is 2.34. The number of hydrogen-bond acceptors (Lipinski definition) is 3. The maximum Gasteiger partial charge on any atom is 0.270 e. The van der Waals surface area contributed by atoms with Gasteiger partial charge in [-0.15, -0.1) is 0 Å². The van der Waals surface area contributed by atoms with E-state index in [1.54, 1.807) is 12.1 Å². The van der Waals surface area contributed by atoms with Crippen molar-refractivity contribution in [2.75, 3.05) is 0 Å². The van der Waals surface area contributed by atoms with Crippen LogP contribution in [0, 0.1) is 10.1 Å². The van der Waals surface area contributed by atoms with Crippen LogP contribution in [-0.2, 0) is 0 Å². The summed E-state index contributed by atoms with van der Waals surface area (Å²) in [5.74, 6) is 1.17. The van der Waals surface area contributed by atoms with Crippen LogP contribution in [0.25, 0.3) is 0 Å². The number of non-ortho nitro benzene ring substituents is 1. The predicted octanol–water partition coefficient (Wildman–Crippen LogP) is 4.91. The van der Waals surface area contributed by atoms with E-state index in [2.05, 4.69) is 31.9 Å². The quantitative estimate of drug-likeness (QED) is 0.568. The fraction of sp³-hybridized carbons (Fsp3) is 0. The Morgan fingerprint density at radius 3 is 2.28 bits per heavy atom. The first kappa shape index (κ1) is 13.0. The molecular weight excluding hydrogens is 366 g/mol. The molecule has 0 amide bonds. The molecule has 92 valence electrons. The first-order valence-corrected chi connectivity index (χ1v) is 6.53. The molecule has 0 N–H and O–H groups in total. The Bertz CT molecular complexity index is 602. The zero-order valence-electron chi connectivity index (χ0n) is 8.97. The summed E-state index contributed by atoms with van der Waals surface area (Å²) in [5, 5.41) is 10.6. The molecule has 4 nitrogen and oxygen atoms in total. The van der Waals surface area contributed by atoms with E-state index in [-0.39, 0.29) is 5.69 Å². The number of ether oxygens (including phenoxy) is 1. The highest BCUT2D eigenvalue weighted by atomic mass is 79.9. The number of nitrogens with zero attached hydrogens (tertiary/aromatic N) is 1. The molecule has 0 unspecified atom stereocenters. The fourth-order valence-corrected chi connectivity index (χ4v) is 2.15. The van der Waals surface area contributed by atoms with Crippen molar-refractivity contribution in [1.29, 1.82) is 0 Å². The molecule has 0 radical (unpaired) electrons. The van der Waals surface area contributed by atoms with Gasteiger partial charge in [-0.25, -0.2) is 0 Å². The minimum absolute atomic E-state index is 0.0151. The third-order valence-corrected chi connectivity index (χ3v) is 3.46. The first-order valence-electron chi connectivity index (χ1n) is 4.94. The Morgan fingerprint density at radius 2 is 1.67 bits per heavy atom. The van der Waals surface area contributed by atoms with Crippen molar-refractivity contribution >= 4 is 37.5 Å². The summed E-state index contributed by atoms with van der Waals surface area (Å²) in [5.41, 5.74) is 0.0151. The van der Waals surface area contributed by atoms with Crippen LogP contribution in [0.5, 0.6) is 11.5 Å². The van der Waals surface area contributed by atoms with Crippen molar-refractivity contribution in [3.05, 3.63) is 61.5 Å². The number of rotatable bonds is 3. The Hall–Kier alpha value is -1.40. The van der Waals surface area contributed by atoms with Crippen LogP contribution in [0.1, 0.15) is 0 Å². The second kappa shape index (κ2) is 5.49. The summed E-state index contributed by atoms with van der Waals surface area (Å²) in [6.45, 7) is 0. The third-order valence-electron chi connectivity index (χ3n) is 2.18. The van der Waals surface area contributed by atoms with Gasteiger partial charge in [-0.05, 0) is 50.1 Å². The lowest BCUT2D eigenvalue weighted by atomic mass is 10.3. The van der Waals surface area contributed by atoms with Crippen LogP contribution >= 0.6 is 31.9 Å². The van der Waals surface area contributed by atoms with Crippen molar-refractivity contribution in [1.82, 2.24) is 0 Å². The van der Waals surface area contributed by atoms with Crippen LogP contribution in [0.3, 0.4) is 0 Å². The van der Waals surface area contributed by atoms with Gasteiger partial charge in [-0.1, -0.05) is 12.1 Å². The molecule has 6 heteroatoms. The fourth-order valence-electron chi connectivity index (χ4n) is 1.33. The van der Waals surface area contributed by atoms with Gasteiger partial charge in [0, 0.05) is 12.1 Å². The van der Waals surface area contributed by atoms with Crippen LogP contribution in [0.2, 0.25) is 0 Å². The van der Waals surface area contributed by atoms with Crippen molar-refractivity contribution in [3.8, 4) is 11.5 Å². The molecule has 2 aromatic rings. The van der Waals surface area contributed by atoms with Gasteiger partial charge < -0.3 is 4.74 Å². The smallest absolute Gasteiger partial charge is 0.270 e. The molecule has 0 aromatic heterocycles. The number of nitro benzene ring substituents is 1. The van der Waals surface area contributed by atoms with Gasteiger partial charge in [0.05, 0.1) is 13.9 Å². The minimum Gasteiger partial charge on any atom is -0.455 e. The van der Waals surface area contributed by atoms with E-state index in [0.717, 1.165) is 4.47 Å². The lowest BCUT2D eigenvalue weighted by molar-refractivity contribution is -0.384. The first-order chi connectivity index (χ1) is 8.58. The van der Waals surface area contributed by atoms with Crippen molar-refractivity contribution < 1.29 is 9.66 Å². The summed E-state index contributed by atoms with van der Waals surface area (Å²) in [6.07, 6.45) is 0. The second-order valence-electron chi connectivity index (χ2n) is 3.40. The Balaban J connectivity index is 2.30. The monoisotopic (exact) mass is 371 g/mol. The van der Waals surface area contributed by atoms with Crippen molar-refractivity contribution in [2.24, 2.45) is 0 Å². The molecule has 0 heterocycles.